The SMILES string of the molecule is CC(C)c1n[nH]c(=S)n1-c1cc(Br)cc(C(F)(F)F)c1. The van der Waals surface area contributed by atoms with E-state index in [0.29, 0.717) is 16.0 Å². The molecule has 0 spiro atoms. The number of hydrogen-bond acceptors (Lipinski definition) is 2. The monoisotopic (exact) mass is 365 g/mol. The average Bonchev–Trinajstić information content (AvgIpc) is 2.69. The van der Waals surface area contributed by atoms with E-state index in [0.717, 1.165) is 12.1 Å². The lowest BCUT2D eigenvalue weighted by Gasteiger charge is -2.13. The van der Waals surface area contributed by atoms with Crippen molar-refractivity contribution in [1.82, 2.24) is 14.8 Å². The zero-order chi connectivity index (χ0) is 15.1. The smallest absolute Gasteiger partial charge is 0.272 e. The number of nitrogens with zero attached hydrogens (tertiary/aromatic N) is 2. The Morgan fingerprint density at radius 3 is 2.50 bits per heavy atom. The van der Waals surface area contributed by atoms with Crippen molar-refractivity contribution < 1.29 is 13.2 Å². The second-order valence-electron chi connectivity index (χ2n) is 4.57. The molecule has 0 atom stereocenters. The number of hydrogen-bond donors (Lipinski definition) is 1. The van der Waals surface area contributed by atoms with E-state index >= 15 is 0 Å². The first-order valence-corrected chi connectivity index (χ1v) is 6.95. The Hall–Kier alpha value is -1.15. The topological polar surface area (TPSA) is 33.6 Å². The molecule has 8 heteroatoms. The van der Waals surface area contributed by atoms with E-state index < -0.39 is 11.7 Å². The molecule has 0 unspecified atom stereocenters. The van der Waals surface area contributed by atoms with Crippen LogP contribution in [0, 0.1) is 4.77 Å². The molecule has 0 aliphatic rings. The summed E-state index contributed by atoms with van der Waals surface area (Å²) in [4.78, 5) is 0. The number of halogens is 4. The van der Waals surface area contributed by atoms with Gasteiger partial charge < -0.3 is 0 Å². The number of H-pyrrole nitrogens is 1. The minimum absolute atomic E-state index is 0.0243. The van der Waals surface area contributed by atoms with Crippen LogP contribution in [-0.4, -0.2) is 14.8 Å². The van der Waals surface area contributed by atoms with Crippen molar-refractivity contribution in [3.63, 3.8) is 0 Å². The van der Waals surface area contributed by atoms with Crippen LogP contribution in [0.15, 0.2) is 22.7 Å². The van der Waals surface area contributed by atoms with Crippen LogP contribution >= 0.6 is 28.1 Å². The molecule has 0 aliphatic carbocycles. The summed E-state index contributed by atoms with van der Waals surface area (Å²) in [5, 5.41) is 6.68. The minimum atomic E-state index is -4.41. The van der Waals surface area contributed by atoms with Crippen molar-refractivity contribution in [2.75, 3.05) is 0 Å². The number of benzene rings is 1. The van der Waals surface area contributed by atoms with E-state index in [1.54, 1.807) is 6.07 Å². The molecule has 2 rings (SSSR count). The maximum Gasteiger partial charge on any atom is 0.416 e. The molecule has 0 saturated heterocycles. The van der Waals surface area contributed by atoms with Gasteiger partial charge in [-0.25, -0.2) is 0 Å². The summed E-state index contributed by atoms with van der Waals surface area (Å²) in [5.74, 6) is 0.609. The summed E-state index contributed by atoms with van der Waals surface area (Å²) in [6, 6.07) is 3.66. The average molecular weight is 366 g/mol. The van der Waals surface area contributed by atoms with Gasteiger partial charge >= 0.3 is 6.18 Å². The number of alkyl halides is 3. The van der Waals surface area contributed by atoms with Crippen molar-refractivity contribution in [3.8, 4) is 5.69 Å². The van der Waals surface area contributed by atoms with Crippen LogP contribution in [0.2, 0.25) is 0 Å². The summed E-state index contributed by atoms with van der Waals surface area (Å²) in [6.07, 6.45) is -4.41. The summed E-state index contributed by atoms with van der Waals surface area (Å²) in [5.41, 5.74) is -0.408. The molecule has 1 aromatic carbocycles. The van der Waals surface area contributed by atoms with Gasteiger partial charge in [0.1, 0.15) is 5.82 Å². The Balaban J connectivity index is 2.68. The Morgan fingerprint density at radius 1 is 1.30 bits per heavy atom. The van der Waals surface area contributed by atoms with E-state index in [1.165, 1.54) is 4.57 Å². The van der Waals surface area contributed by atoms with Gasteiger partial charge in [0.2, 0.25) is 0 Å². The summed E-state index contributed by atoms with van der Waals surface area (Å²) >= 11 is 8.20. The van der Waals surface area contributed by atoms with Crippen molar-refractivity contribution in [2.45, 2.75) is 25.9 Å². The highest BCUT2D eigenvalue weighted by Crippen LogP contribution is 2.33. The first-order valence-electron chi connectivity index (χ1n) is 5.75. The molecule has 1 N–H and O–H groups in total. The lowest BCUT2D eigenvalue weighted by molar-refractivity contribution is -0.137. The predicted octanol–water partition coefficient (Wildman–Crippen LogP) is 4.83. The Bertz CT molecular complexity index is 688. The fourth-order valence-corrected chi connectivity index (χ4v) is 2.54. The van der Waals surface area contributed by atoms with E-state index in [2.05, 4.69) is 26.1 Å². The van der Waals surface area contributed by atoms with Gasteiger partial charge in [-0.15, -0.1) is 0 Å². The van der Waals surface area contributed by atoms with Crippen molar-refractivity contribution in [3.05, 3.63) is 38.8 Å². The Labute approximate surface area is 126 Å². The molecule has 0 amide bonds. The number of nitrogens with one attached hydrogen (secondary N) is 1. The number of aromatic nitrogens is 3. The Morgan fingerprint density at radius 2 is 1.95 bits per heavy atom. The van der Waals surface area contributed by atoms with Gasteiger partial charge in [-0.2, -0.15) is 18.3 Å². The van der Waals surface area contributed by atoms with E-state index in [1.807, 2.05) is 13.8 Å². The molecule has 0 radical (unpaired) electrons. The van der Waals surface area contributed by atoms with Crippen molar-refractivity contribution in [1.29, 1.82) is 0 Å². The first kappa shape index (κ1) is 15.2. The molecule has 2 aromatic rings. The fraction of sp³-hybridized carbons (Fsp3) is 0.333. The van der Waals surface area contributed by atoms with E-state index in [-0.39, 0.29) is 10.7 Å². The lowest BCUT2D eigenvalue weighted by Crippen LogP contribution is -2.08. The first-order chi connectivity index (χ1) is 9.20. The van der Waals surface area contributed by atoms with Crippen LogP contribution in [-0.2, 0) is 6.18 Å². The fourth-order valence-electron chi connectivity index (χ4n) is 1.81. The van der Waals surface area contributed by atoms with Crippen molar-refractivity contribution >= 4 is 28.1 Å². The van der Waals surface area contributed by atoms with Crippen LogP contribution < -0.4 is 0 Å². The van der Waals surface area contributed by atoms with Gasteiger partial charge in [-0.05, 0) is 30.4 Å². The third-order valence-electron chi connectivity index (χ3n) is 2.68. The summed E-state index contributed by atoms with van der Waals surface area (Å²) in [6.45, 7) is 3.79. The standard InChI is InChI=1S/C12H11BrF3N3S/c1-6(2)10-17-18-11(20)19(10)9-4-7(12(14,15)16)3-8(13)5-9/h3-6H,1-2H3,(H,18,20). The molecule has 20 heavy (non-hydrogen) atoms. The highest BCUT2D eigenvalue weighted by molar-refractivity contribution is 9.10. The van der Waals surface area contributed by atoms with Crippen LogP contribution in [0.3, 0.4) is 0 Å². The van der Waals surface area contributed by atoms with E-state index in [4.69, 9.17) is 12.2 Å². The highest BCUT2D eigenvalue weighted by Gasteiger charge is 2.31. The molecule has 1 heterocycles. The Kier molecular flexibility index (Phi) is 4.06. The molecule has 3 nitrogen and oxygen atoms in total. The molecule has 0 fully saturated rings. The summed E-state index contributed by atoms with van der Waals surface area (Å²) in [7, 11) is 0. The van der Waals surface area contributed by atoms with Crippen molar-refractivity contribution in [2.24, 2.45) is 0 Å². The second-order valence-corrected chi connectivity index (χ2v) is 5.88. The van der Waals surface area contributed by atoms with Crippen LogP contribution in [0.4, 0.5) is 13.2 Å². The zero-order valence-corrected chi connectivity index (χ0v) is 13.0. The molecule has 108 valence electrons. The molecular weight excluding hydrogens is 355 g/mol. The second kappa shape index (κ2) is 5.33. The van der Waals surface area contributed by atoms with Gasteiger partial charge in [0.05, 0.1) is 11.3 Å². The zero-order valence-electron chi connectivity index (χ0n) is 10.6. The van der Waals surface area contributed by atoms with Gasteiger partial charge in [0.15, 0.2) is 4.77 Å². The van der Waals surface area contributed by atoms with Gasteiger partial charge in [-0.1, -0.05) is 29.8 Å². The maximum absolute atomic E-state index is 12.9. The molecule has 1 aromatic heterocycles. The largest absolute Gasteiger partial charge is 0.416 e. The van der Waals surface area contributed by atoms with Crippen LogP contribution in [0.5, 0.6) is 0 Å². The van der Waals surface area contributed by atoms with Gasteiger partial charge in [0.25, 0.3) is 0 Å². The number of rotatable bonds is 2. The van der Waals surface area contributed by atoms with Crippen LogP contribution in [0.1, 0.15) is 31.2 Å². The molecule has 0 aliphatic heterocycles. The minimum Gasteiger partial charge on any atom is -0.272 e. The maximum atomic E-state index is 12.9. The molecular formula is C12H11BrF3N3S. The molecule has 0 saturated carbocycles. The van der Waals surface area contributed by atoms with Crippen LogP contribution in [0.25, 0.3) is 5.69 Å². The number of aromatic amines is 1. The van der Waals surface area contributed by atoms with Gasteiger partial charge in [-0.3, -0.25) is 9.67 Å². The lowest BCUT2D eigenvalue weighted by atomic mass is 10.1. The van der Waals surface area contributed by atoms with E-state index in [9.17, 15) is 13.2 Å². The third kappa shape index (κ3) is 2.95. The molecule has 0 bridgehead atoms. The van der Waals surface area contributed by atoms with Gasteiger partial charge in [0, 0.05) is 10.4 Å². The third-order valence-corrected chi connectivity index (χ3v) is 3.41. The predicted molar refractivity (Wildman–Crippen MR) is 75.5 cm³/mol. The normalized spacial score (nSPS) is 12.2. The quantitative estimate of drug-likeness (QED) is 0.772. The highest BCUT2D eigenvalue weighted by atomic mass is 79.9. The summed E-state index contributed by atoms with van der Waals surface area (Å²) < 4.78 is 40.7.